The maximum Gasteiger partial charge on any atom is 0.319 e. The van der Waals surface area contributed by atoms with Gasteiger partial charge < -0.3 is 14.7 Å². The molecular formula is C21H31N5O2. The summed E-state index contributed by atoms with van der Waals surface area (Å²) in [6.07, 6.45) is 6.85. The van der Waals surface area contributed by atoms with Gasteiger partial charge in [-0.3, -0.25) is 14.7 Å². The van der Waals surface area contributed by atoms with Gasteiger partial charge in [0.05, 0.1) is 0 Å². The molecule has 7 nitrogen and oxygen atoms in total. The first-order chi connectivity index (χ1) is 13.4. The maximum absolute atomic E-state index is 12.6. The number of urea groups is 1. The molecule has 0 radical (unpaired) electrons. The molecule has 0 N–H and O–H groups in total. The van der Waals surface area contributed by atoms with Crippen LogP contribution >= 0.6 is 0 Å². The molecule has 3 aliphatic rings. The highest BCUT2D eigenvalue weighted by atomic mass is 16.2. The van der Waals surface area contributed by atoms with E-state index in [-0.39, 0.29) is 23.4 Å². The van der Waals surface area contributed by atoms with Gasteiger partial charge in [-0.1, -0.05) is 6.07 Å². The fraction of sp³-hybridized carbons (Fsp3) is 0.667. The molecule has 4 heterocycles. The zero-order valence-corrected chi connectivity index (χ0v) is 17.2. The van der Waals surface area contributed by atoms with Crippen molar-refractivity contribution in [2.75, 3.05) is 40.3 Å². The topological polar surface area (TPSA) is 60.0 Å². The van der Waals surface area contributed by atoms with Crippen LogP contribution in [0.3, 0.4) is 0 Å². The number of pyridine rings is 1. The Balaban J connectivity index is 1.63. The van der Waals surface area contributed by atoms with Gasteiger partial charge in [-0.05, 0) is 37.4 Å². The third kappa shape index (κ3) is 3.26. The Bertz CT molecular complexity index is 740. The molecule has 3 fully saturated rings. The molecule has 3 amide bonds. The predicted molar refractivity (Wildman–Crippen MR) is 107 cm³/mol. The second-order valence-corrected chi connectivity index (χ2v) is 8.84. The van der Waals surface area contributed by atoms with Crippen LogP contribution in [-0.2, 0) is 11.3 Å². The molecule has 0 unspecified atom stereocenters. The van der Waals surface area contributed by atoms with Crippen LogP contribution in [0.15, 0.2) is 24.5 Å². The molecule has 152 valence electrons. The summed E-state index contributed by atoms with van der Waals surface area (Å²) in [5.74, 6) is 0.160. The molecule has 3 aliphatic heterocycles. The largest absolute Gasteiger partial charge is 0.338 e. The molecule has 0 bridgehead atoms. The van der Waals surface area contributed by atoms with Gasteiger partial charge in [0.2, 0.25) is 5.91 Å². The molecule has 3 atom stereocenters. The Kier molecular flexibility index (Phi) is 5.04. The van der Waals surface area contributed by atoms with Crippen molar-refractivity contribution in [3.63, 3.8) is 0 Å². The van der Waals surface area contributed by atoms with E-state index in [0.29, 0.717) is 6.04 Å². The first-order valence-electron chi connectivity index (χ1n) is 10.3. The number of fused-ring (bicyclic) bond motifs is 2. The molecular weight excluding hydrogens is 354 g/mol. The Morgan fingerprint density at radius 3 is 2.79 bits per heavy atom. The quantitative estimate of drug-likeness (QED) is 0.777. The summed E-state index contributed by atoms with van der Waals surface area (Å²) in [6, 6.07) is 4.72. The Labute approximate surface area is 167 Å². The minimum absolute atomic E-state index is 0.0371. The van der Waals surface area contributed by atoms with E-state index in [1.165, 1.54) is 5.56 Å². The number of likely N-dealkylation sites (tertiary alicyclic amines) is 3. The normalized spacial score (nSPS) is 30.0. The van der Waals surface area contributed by atoms with E-state index in [1.54, 1.807) is 18.0 Å². The number of nitrogens with zero attached hydrogens (tertiary/aromatic N) is 5. The lowest BCUT2D eigenvalue weighted by molar-refractivity contribution is -0.130. The van der Waals surface area contributed by atoms with E-state index in [2.05, 4.69) is 20.9 Å². The number of aromatic nitrogens is 1. The van der Waals surface area contributed by atoms with Crippen LogP contribution in [0.5, 0.6) is 0 Å². The Morgan fingerprint density at radius 2 is 2.11 bits per heavy atom. The number of carbonyl (C=O) groups excluding carboxylic acids is 2. The predicted octanol–water partition coefficient (Wildman–Crippen LogP) is 1.65. The van der Waals surface area contributed by atoms with Crippen LogP contribution in [0.2, 0.25) is 0 Å². The van der Waals surface area contributed by atoms with Gasteiger partial charge in [0.1, 0.15) is 0 Å². The number of hydrogen-bond donors (Lipinski definition) is 0. The summed E-state index contributed by atoms with van der Waals surface area (Å²) < 4.78 is 0. The SMILES string of the molecule is CC(=O)N1C[C@]2(CCN(C(=O)N(C)C)C2)[C@H]2[C@@H]1CCCN2Cc1cccnc1. The molecule has 4 rings (SSSR count). The highest BCUT2D eigenvalue weighted by molar-refractivity contribution is 5.75. The molecule has 0 saturated carbocycles. The zero-order chi connectivity index (χ0) is 19.9. The molecule has 1 aromatic heterocycles. The lowest BCUT2D eigenvalue weighted by atomic mass is 9.76. The lowest BCUT2D eigenvalue weighted by Gasteiger charge is -2.44. The zero-order valence-electron chi connectivity index (χ0n) is 17.2. The standard InChI is InChI=1S/C21H31N5O2/c1-16(27)26-15-21(8-11-25(14-21)20(28)23(2)3)19-18(26)7-5-10-24(19)13-17-6-4-9-22-12-17/h4,6,9,12,18-19H,5,7-8,10-11,13-15H2,1-3H3/t18-,19+,21+/m0/s1. The summed E-state index contributed by atoms with van der Waals surface area (Å²) in [5.41, 5.74) is 1.17. The van der Waals surface area contributed by atoms with Crippen molar-refractivity contribution in [2.45, 2.75) is 44.8 Å². The van der Waals surface area contributed by atoms with Gasteiger partial charge in [0.15, 0.2) is 0 Å². The average molecular weight is 386 g/mol. The summed E-state index contributed by atoms with van der Waals surface area (Å²) in [7, 11) is 3.62. The third-order valence-electron chi connectivity index (χ3n) is 6.77. The molecule has 0 aromatic carbocycles. The fourth-order valence-corrected chi connectivity index (χ4v) is 5.68. The summed E-state index contributed by atoms with van der Waals surface area (Å²) in [5, 5.41) is 0. The second-order valence-electron chi connectivity index (χ2n) is 8.84. The van der Waals surface area contributed by atoms with Crippen LogP contribution in [-0.4, -0.2) is 88.9 Å². The number of rotatable bonds is 2. The first kappa shape index (κ1) is 19.2. The fourth-order valence-electron chi connectivity index (χ4n) is 5.68. The smallest absolute Gasteiger partial charge is 0.319 e. The van der Waals surface area contributed by atoms with Crippen LogP contribution in [0.1, 0.15) is 31.7 Å². The lowest BCUT2D eigenvalue weighted by Crippen LogP contribution is -2.55. The average Bonchev–Trinajstić information content (AvgIpc) is 3.25. The van der Waals surface area contributed by atoms with Crippen molar-refractivity contribution in [3.05, 3.63) is 30.1 Å². The van der Waals surface area contributed by atoms with Crippen molar-refractivity contribution in [1.29, 1.82) is 0 Å². The van der Waals surface area contributed by atoms with E-state index in [1.807, 2.05) is 31.3 Å². The van der Waals surface area contributed by atoms with Gasteiger partial charge in [-0.2, -0.15) is 0 Å². The van der Waals surface area contributed by atoms with E-state index in [4.69, 9.17) is 0 Å². The van der Waals surface area contributed by atoms with E-state index in [0.717, 1.165) is 52.0 Å². The van der Waals surface area contributed by atoms with Gasteiger partial charge >= 0.3 is 6.03 Å². The minimum atomic E-state index is -0.0371. The van der Waals surface area contributed by atoms with Crippen LogP contribution in [0, 0.1) is 5.41 Å². The molecule has 7 heteroatoms. The van der Waals surface area contributed by atoms with Crippen LogP contribution < -0.4 is 0 Å². The van der Waals surface area contributed by atoms with Crippen LogP contribution in [0.25, 0.3) is 0 Å². The van der Waals surface area contributed by atoms with Crippen molar-refractivity contribution in [2.24, 2.45) is 5.41 Å². The summed E-state index contributed by atoms with van der Waals surface area (Å²) in [6.45, 7) is 5.84. The number of piperidine rings is 1. The van der Waals surface area contributed by atoms with E-state index >= 15 is 0 Å². The molecule has 28 heavy (non-hydrogen) atoms. The van der Waals surface area contributed by atoms with Crippen molar-refractivity contribution < 1.29 is 9.59 Å². The van der Waals surface area contributed by atoms with Crippen molar-refractivity contribution >= 4 is 11.9 Å². The van der Waals surface area contributed by atoms with Gasteiger partial charge in [-0.15, -0.1) is 0 Å². The van der Waals surface area contributed by atoms with Crippen molar-refractivity contribution in [3.8, 4) is 0 Å². The van der Waals surface area contributed by atoms with Gasteiger partial charge in [-0.25, -0.2) is 4.79 Å². The van der Waals surface area contributed by atoms with Gasteiger partial charge in [0.25, 0.3) is 0 Å². The first-order valence-corrected chi connectivity index (χ1v) is 10.3. The van der Waals surface area contributed by atoms with E-state index in [9.17, 15) is 9.59 Å². The number of carbonyl (C=O) groups is 2. The molecule has 1 spiro atoms. The highest BCUT2D eigenvalue weighted by Gasteiger charge is 2.59. The van der Waals surface area contributed by atoms with Crippen LogP contribution in [0.4, 0.5) is 4.79 Å². The minimum Gasteiger partial charge on any atom is -0.338 e. The summed E-state index contributed by atoms with van der Waals surface area (Å²) >= 11 is 0. The Morgan fingerprint density at radius 1 is 1.29 bits per heavy atom. The Hall–Kier alpha value is -2.15. The maximum atomic E-state index is 12.6. The molecule has 1 aromatic rings. The number of hydrogen-bond acceptors (Lipinski definition) is 4. The molecule has 0 aliphatic carbocycles. The highest BCUT2D eigenvalue weighted by Crippen LogP contribution is 2.48. The number of amides is 3. The molecule has 3 saturated heterocycles. The van der Waals surface area contributed by atoms with E-state index < -0.39 is 0 Å². The monoisotopic (exact) mass is 385 g/mol. The second kappa shape index (κ2) is 7.35. The van der Waals surface area contributed by atoms with Crippen molar-refractivity contribution in [1.82, 2.24) is 24.6 Å². The third-order valence-corrected chi connectivity index (χ3v) is 6.77. The van der Waals surface area contributed by atoms with Gasteiger partial charge in [0, 0.05) is 77.1 Å². The summed E-state index contributed by atoms with van der Waals surface area (Å²) in [4.78, 5) is 37.6.